The van der Waals surface area contributed by atoms with E-state index in [1.807, 2.05) is 25.6 Å². The molecule has 3 aliphatic carbocycles. The van der Waals surface area contributed by atoms with Gasteiger partial charge in [0.05, 0.1) is 23.8 Å². The lowest BCUT2D eigenvalue weighted by atomic mass is 9.60. The minimum Gasteiger partial charge on any atom is -0.390 e. The van der Waals surface area contributed by atoms with E-state index >= 15 is 0 Å². The molecule has 5 rings (SSSR count). The molecule has 3 amide bonds. The largest absolute Gasteiger partial charge is 0.390 e. The van der Waals surface area contributed by atoms with Gasteiger partial charge in [-0.25, -0.2) is 4.79 Å². The van der Waals surface area contributed by atoms with E-state index in [0.717, 1.165) is 69.5 Å². The van der Waals surface area contributed by atoms with Crippen LogP contribution in [0, 0.1) is 23.2 Å². The van der Waals surface area contributed by atoms with Gasteiger partial charge in [0.1, 0.15) is 0 Å². The summed E-state index contributed by atoms with van der Waals surface area (Å²) in [6.07, 6.45) is 22.1. The van der Waals surface area contributed by atoms with Crippen molar-refractivity contribution in [2.45, 2.75) is 159 Å². The summed E-state index contributed by atoms with van der Waals surface area (Å²) in [5, 5.41) is 19.7. The zero-order chi connectivity index (χ0) is 34.3. The fraction of sp³-hybridized carbons (Fsp3) is 0.800. The lowest BCUT2D eigenvalue weighted by Crippen LogP contribution is -2.36. The van der Waals surface area contributed by atoms with Crippen molar-refractivity contribution >= 4 is 23.7 Å². The van der Waals surface area contributed by atoms with Crippen molar-refractivity contribution in [3.8, 4) is 0 Å². The fourth-order valence-corrected chi connectivity index (χ4v) is 11.3. The molecule has 0 aromatic heterocycles. The van der Waals surface area contributed by atoms with E-state index in [9.17, 15) is 14.7 Å². The molecular formula is C40H65N3O4S. The first-order chi connectivity index (χ1) is 22.9. The highest BCUT2D eigenvalue weighted by Gasteiger charge is 2.50. The zero-order valence-corrected chi connectivity index (χ0v) is 31.2. The molecule has 3 saturated carbocycles. The number of unbranched alkanes of at least 4 members (excludes halogenated alkanes) is 1. The molecule has 0 aromatic carbocycles. The average molecular weight is 684 g/mol. The predicted molar refractivity (Wildman–Crippen MR) is 198 cm³/mol. The Morgan fingerprint density at radius 3 is 2.81 bits per heavy atom. The van der Waals surface area contributed by atoms with Crippen LogP contribution in [0.3, 0.4) is 0 Å². The maximum Gasteiger partial charge on any atom is 0.315 e. The Morgan fingerprint density at radius 1 is 1.17 bits per heavy atom. The van der Waals surface area contributed by atoms with Crippen molar-refractivity contribution in [2.75, 3.05) is 18.9 Å². The molecule has 4 N–H and O–H groups in total. The smallest absolute Gasteiger partial charge is 0.315 e. The van der Waals surface area contributed by atoms with Gasteiger partial charge in [0.25, 0.3) is 0 Å². The first-order valence-electron chi connectivity index (χ1n) is 19.3. The average Bonchev–Trinajstić information content (AvgIpc) is 3.70. The van der Waals surface area contributed by atoms with Crippen molar-refractivity contribution in [2.24, 2.45) is 23.2 Å². The number of rotatable bonds is 16. The third-order valence-electron chi connectivity index (χ3n) is 12.4. The first kappa shape index (κ1) is 37.5. The summed E-state index contributed by atoms with van der Waals surface area (Å²) in [6, 6.07) is 0.468. The maximum absolute atomic E-state index is 12.4. The molecule has 2 heterocycles. The number of allylic oxidation sites excluding steroid dienone is 4. The van der Waals surface area contributed by atoms with Gasteiger partial charge in [-0.05, 0) is 120 Å². The fourth-order valence-electron chi connectivity index (χ4n) is 9.71. The van der Waals surface area contributed by atoms with Gasteiger partial charge in [-0.1, -0.05) is 63.0 Å². The van der Waals surface area contributed by atoms with Crippen molar-refractivity contribution < 1.29 is 19.4 Å². The van der Waals surface area contributed by atoms with E-state index in [-0.39, 0.29) is 30.1 Å². The molecule has 0 spiro atoms. The number of amides is 3. The Hall–Kier alpha value is -1.77. The highest BCUT2D eigenvalue weighted by Crippen LogP contribution is 2.60. The number of hydrogen-bond acceptors (Lipinski definition) is 5. The van der Waals surface area contributed by atoms with Crippen LogP contribution >= 0.6 is 11.8 Å². The Morgan fingerprint density at radius 2 is 2.00 bits per heavy atom. The van der Waals surface area contributed by atoms with Crippen LogP contribution < -0.4 is 16.0 Å². The second kappa shape index (κ2) is 17.0. The molecule has 5 aliphatic rings. The third kappa shape index (κ3) is 9.93. The Bertz CT molecular complexity index is 1190. The molecule has 0 aromatic rings. The van der Waals surface area contributed by atoms with Gasteiger partial charge in [-0.3, -0.25) is 4.79 Å². The summed E-state index contributed by atoms with van der Waals surface area (Å²) in [5.74, 6) is 3.28. The summed E-state index contributed by atoms with van der Waals surface area (Å²) in [6.45, 7) is 14.7. The van der Waals surface area contributed by atoms with Crippen LogP contribution in [0.5, 0.6) is 0 Å². The van der Waals surface area contributed by atoms with Gasteiger partial charge in [-0.2, -0.15) is 11.8 Å². The molecule has 2 saturated heterocycles. The standard InChI is InChI=1S/C40H65N3O4S/c1-27-15-18-31(47-24-10-23-41-36(44)14-7-6-13-35-37-34(26-48-35)42-38(45)43-37)25-30(27)17-16-29-12-9-22-40(5)32(19-20-33(29)40)28(2)11-8-21-39(3,4)46/h16-17,28,31-35,37,46H,1,6-15,18-26H2,2-5H3,(H,41,44)(H2,42,43,45)/b29-16+,30-17-/t28-,31+,32-,33?,34+,35+,37+,40-/m1/s1. The molecule has 0 radical (unpaired) electrons. The van der Waals surface area contributed by atoms with E-state index in [4.69, 9.17) is 4.74 Å². The first-order valence-corrected chi connectivity index (χ1v) is 20.3. The van der Waals surface area contributed by atoms with Crippen molar-refractivity contribution in [1.29, 1.82) is 0 Å². The number of nitrogens with one attached hydrogen (secondary N) is 3. The highest BCUT2D eigenvalue weighted by atomic mass is 32.2. The second-order valence-corrected chi connectivity index (χ2v) is 17.9. The molecule has 5 fully saturated rings. The van der Waals surface area contributed by atoms with Crippen LogP contribution in [0.2, 0.25) is 0 Å². The normalized spacial score (nSPS) is 34.2. The number of ether oxygens (including phenoxy) is 1. The van der Waals surface area contributed by atoms with E-state index in [1.165, 1.54) is 49.7 Å². The Kier molecular flexibility index (Phi) is 13.2. The molecule has 8 heteroatoms. The molecule has 0 bridgehead atoms. The minimum atomic E-state index is -0.558. The summed E-state index contributed by atoms with van der Waals surface area (Å²) >= 11 is 1.93. The second-order valence-electron chi connectivity index (χ2n) is 16.6. The number of carbonyl (C=O) groups excluding carboxylic acids is 2. The quantitative estimate of drug-likeness (QED) is 0.0977. The van der Waals surface area contributed by atoms with Gasteiger partial charge >= 0.3 is 6.03 Å². The number of fused-ring (bicyclic) bond motifs is 2. The molecule has 8 atom stereocenters. The predicted octanol–water partition coefficient (Wildman–Crippen LogP) is 7.99. The van der Waals surface area contributed by atoms with Gasteiger partial charge in [0.15, 0.2) is 0 Å². The molecule has 270 valence electrons. The number of hydrogen-bond donors (Lipinski definition) is 4. The van der Waals surface area contributed by atoms with Crippen LogP contribution in [-0.4, -0.2) is 65.0 Å². The van der Waals surface area contributed by atoms with Gasteiger partial charge < -0.3 is 25.8 Å². The molecular weight excluding hydrogens is 619 g/mol. The van der Waals surface area contributed by atoms with Crippen LogP contribution in [0.25, 0.3) is 0 Å². The number of carbonyl (C=O) groups is 2. The lowest BCUT2D eigenvalue weighted by molar-refractivity contribution is -0.121. The minimum absolute atomic E-state index is 0.0385. The van der Waals surface area contributed by atoms with E-state index in [1.54, 1.807) is 5.57 Å². The number of aliphatic hydroxyl groups is 1. The van der Waals surface area contributed by atoms with Crippen LogP contribution in [0.15, 0.2) is 35.5 Å². The van der Waals surface area contributed by atoms with Crippen LogP contribution in [0.1, 0.15) is 130 Å². The van der Waals surface area contributed by atoms with E-state index in [2.05, 4.69) is 48.5 Å². The Balaban J connectivity index is 0.991. The van der Waals surface area contributed by atoms with Crippen molar-refractivity contribution in [3.63, 3.8) is 0 Å². The zero-order valence-electron chi connectivity index (χ0n) is 30.4. The summed E-state index contributed by atoms with van der Waals surface area (Å²) < 4.78 is 6.30. The van der Waals surface area contributed by atoms with Crippen molar-refractivity contribution in [1.82, 2.24) is 16.0 Å². The van der Waals surface area contributed by atoms with Gasteiger partial charge in [0.2, 0.25) is 5.91 Å². The maximum atomic E-state index is 12.4. The Labute approximate surface area is 295 Å². The number of urea groups is 1. The van der Waals surface area contributed by atoms with E-state index < -0.39 is 5.60 Å². The van der Waals surface area contributed by atoms with Crippen LogP contribution in [0.4, 0.5) is 4.79 Å². The van der Waals surface area contributed by atoms with Gasteiger partial charge in [0, 0.05) is 30.6 Å². The topological polar surface area (TPSA) is 99.7 Å². The molecule has 7 nitrogen and oxygen atoms in total. The molecule has 2 aliphatic heterocycles. The van der Waals surface area contributed by atoms with Gasteiger partial charge in [-0.15, -0.1) is 0 Å². The van der Waals surface area contributed by atoms with Crippen molar-refractivity contribution in [3.05, 3.63) is 35.5 Å². The highest BCUT2D eigenvalue weighted by molar-refractivity contribution is 8.00. The summed E-state index contributed by atoms with van der Waals surface area (Å²) in [7, 11) is 0. The SMILES string of the molecule is C=C1CC[C@H](OCCCNC(=O)CCCC[C@@H]2SC[C@@H]3NC(=O)N[C@@H]32)C/C1=C/C=C1\CCC[C@@]2(C)C1CC[C@@H]2[C@H](C)CCCC(C)(C)O. The lowest BCUT2D eigenvalue weighted by Gasteiger charge is -2.44. The number of thioether (sulfide) groups is 1. The summed E-state index contributed by atoms with van der Waals surface area (Å²) in [5.41, 5.74) is 4.11. The van der Waals surface area contributed by atoms with Crippen LogP contribution in [-0.2, 0) is 9.53 Å². The summed E-state index contributed by atoms with van der Waals surface area (Å²) in [4.78, 5) is 23.9. The third-order valence-corrected chi connectivity index (χ3v) is 13.9. The molecule has 48 heavy (non-hydrogen) atoms. The monoisotopic (exact) mass is 683 g/mol. The molecule has 1 unspecified atom stereocenters. The van der Waals surface area contributed by atoms with E-state index in [0.29, 0.717) is 42.1 Å².